The molecule has 1 N–H and O–H groups in total. The molecule has 5 nitrogen and oxygen atoms in total. The van der Waals surface area contributed by atoms with Crippen molar-refractivity contribution in [1.29, 1.82) is 0 Å². The topological polar surface area (TPSA) is 58.4 Å². The van der Waals surface area contributed by atoms with E-state index in [1.807, 2.05) is 19.1 Å². The summed E-state index contributed by atoms with van der Waals surface area (Å²) in [5.74, 6) is -0.355. The molecular formula is C14H16ClN3O2. The number of anilines is 1. The van der Waals surface area contributed by atoms with E-state index in [2.05, 4.69) is 5.10 Å². The van der Waals surface area contributed by atoms with Gasteiger partial charge >= 0.3 is 0 Å². The van der Waals surface area contributed by atoms with Gasteiger partial charge in [0.05, 0.1) is 12.3 Å². The van der Waals surface area contributed by atoms with E-state index in [0.29, 0.717) is 11.3 Å². The Balaban J connectivity index is 2.43. The summed E-state index contributed by atoms with van der Waals surface area (Å²) in [6.45, 7) is 2.02. The van der Waals surface area contributed by atoms with E-state index in [4.69, 9.17) is 11.6 Å². The number of carbonyl (C=O) groups is 1. The van der Waals surface area contributed by atoms with Gasteiger partial charge in [-0.3, -0.25) is 14.4 Å². The van der Waals surface area contributed by atoms with E-state index < -0.39 is 0 Å². The molecule has 0 aliphatic carbocycles. The van der Waals surface area contributed by atoms with Crippen LogP contribution in [0.5, 0.6) is 0 Å². The maximum absolute atomic E-state index is 12.1. The molecule has 0 atom stereocenters. The smallest absolute Gasteiger partial charge is 0.243 e. The van der Waals surface area contributed by atoms with Crippen molar-refractivity contribution in [2.75, 3.05) is 10.8 Å². The summed E-state index contributed by atoms with van der Waals surface area (Å²) in [4.78, 5) is 13.7. The number of benzene rings is 1. The molecule has 0 fully saturated rings. The second-order valence-electron chi connectivity index (χ2n) is 4.38. The van der Waals surface area contributed by atoms with Gasteiger partial charge in [0.15, 0.2) is 0 Å². The number of rotatable bonds is 5. The maximum atomic E-state index is 12.1. The number of aromatic nitrogens is 2. The Bertz CT molecular complexity index is 584. The van der Waals surface area contributed by atoms with Crippen molar-refractivity contribution in [1.82, 2.24) is 9.78 Å². The fraction of sp³-hybridized carbons (Fsp3) is 0.286. The largest absolute Gasteiger partial charge is 0.392 e. The van der Waals surface area contributed by atoms with Crippen molar-refractivity contribution in [2.24, 2.45) is 0 Å². The van der Waals surface area contributed by atoms with Crippen LogP contribution in [0.4, 0.5) is 5.69 Å². The maximum Gasteiger partial charge on any atom is 0.243 e. The average molecular weight is 294 g/mol. The number of nitrogens with zero attached hydrogens (tertiary/aromatic N) is 3. The molecule has 2 aromatic rings. The van der Waals surface area contributed by atoms with Gasteiger partial charge in [-0.1, -0.05) is 18.2 Å². The predicted molar refractivity (Wildman–Crippen MR) is 77.5 cm³/mol. The highest BCUT2D eigenvalue weighted by molar-refractivity contribution is 6.29. The van der Waals surface area contributed by atoms with Crippen molar-refractivity contribution < 1.29 is 9.90 Å². The van der Waals surface area contributed by atoms with Crippen LogP contribution < -0.4 is 4.90 Å². The van der Waals surface area contributed by atoms with Crippen LogP contribution in [0.1, 0.15) is 11.1 Å². The third kappa shape index (κ3) is 3.00. The summed E-state index contributed by atoms with van der Waals surface area (Å²) in [5.41, 5.74) is 2.29. The lowest BCUT2D eigenvalue weighted by Crippen LogP contribution is -2.35. The van der Waals surface area contributed by atoms with Gasteiger partial charge in [0.2, 0.25) is 5.91 Å². The standard InChI is InChI=1S/C14H16ClN3O2/c1-11-4-2-5-12(9-19)14(11)18(13(20)8-15)10-17-7-3-6-16-17/h2-7,19H,8-10H2,1H3. The lowest BCUT2D eigenvalue weighted by atomic mass is 10.1. The van der Waals surface area contributed by atoms with Crippen LogP contribution in [0.2, 0.25) is 0 Å². The quantitative estimate of drug-likeness (QED) is 0.857. The number of carbonyl (C=O) groups excluding carboxylic acids is 1. The van der Waals surface area contributed by atoms with E-state index in [1.165, 1.54) is 0 Å². The number of halogens is 1. The Morgan fingerprint density at radius 1 is 1.45 bits per heavy atom. The molecule has 1 aromatic heterocycles. The van der Waals surface area contributed by atoms with Crippen LogP contribution >= 0.6 is 11.6 Å². The third-order valence-electron chi connectivity index (χ3n) is 3.02. The molecule has 1 aromatic carbocycles. The first kappa shape index (κ1) is 14.6. The first-order chi connectivity index (χ1) is 9.67. The second kappa shape index (κ2) is 6.54. The number of hydrogen-bond acceptors (Lipinski definition) is 3. The summed E-state index contributed by atoms with van der Waals surface area (Å²) >= 11 is 5.70. The van der Waals surface area contributed by atoms with Gasteiger partial charge < -0.3 is 5.11 Å². The fourth-order valence-electron chi connectivity index (χ4n) is 2.11. The van der Waals surface area contributed by atoms with Crippen LogP contribution in [-0.2, 0) is 18.1 Å². The SMILES string of the molecule is Cc1cccc(CO)c1N(Cn1cccn1)C(=O)CCl. The number of amides is 1. The van der Waals surface area contributed by atoms with Gasteiger partial charge in [0.1, 0.15) is 12.5 Å². The average Bonchev–Trinajstić information content (AvgIpc) is 2.97. The molecule has 0 spiro atoms. The van der Waals surface area contributed by atoms with Crippen LogP contribution in [-0.4, -0.2) is 26.7 Å². The molecule has 0 saturated heterocycles. The van der Waals surface area contributed by atoms with Crippen LogP contribution in [0.3, 0.4) is 0 Å². The molecule has 0 bridgehead atoms. The van der Waals surface area contributed by atoms with Gasteiger partial charge in [-0.05, 0) is 18.6 Å². The molecule has 0 saturated carbocycles. The highest BCUT2D eigenvalue weighted by atomic mass is 35.5. The van der Waals surface area contributed by atoms with E-state index in [1.54, 1.807) is 34.1 Å². The molecule has 0 aliphatic heterocycles. The van der Waals surface area contributed by atoms with Gasteiger partial charge in [-0.25, -0.2) is 0 Å². The molecule has 0 aliphatic rings. The van der Waals surface area contributed by atoms with E-state index in [-0.39, 0.29) is 25.1 Å². The molecule has 1 heterocycles. The Kier molecular flexibility index (Phi) is 4.76. The summed E-state index contributed by atoms with van der Waals surface area (Å²) < 4.78 is 1.64. The number of aryl methyl sites for hydroxylation is 1. The lowest BCUT2D eigenvalue weighted by molar-refractivity contribution is -0.116. The van der Waals surface area contributed by atoms with Crippen molar-refractivity contribution in [3.8, 4) is 0 Å². The van der Waals surface area contributed by atoms with Gasteiger partial charge in [-0.15, -0.1) is 11.6 Å². The number of alkyl halides is 1. The minimum absolute atomic E-state index is 0.125. The molecule has 106 valence electrons. The third-order valence-corrected chi connectivity index (χ3v) is 3.25. The van der Waals surface area contributed by atoms with Gasteiger partial charge in [0, 0.05) is 18.0 Å². The van der Waals surface area contributed by atoms with Gasteiger partial charge in [-0.2, -0.15) is 5.10 Å². The Morgan fingerprint density at radius 3 is 2.85 bits per heavy atom. The lowest BCUT2D eigenvalue weighted by Gasteiger charge is -2.26. The molecular weight excluding hydrogens is 278 g/mol. The summed E-state index contributed by atoms with van der Waals surface area (Å²) in [5, 5.41) is 13.6. The zero-order chi connectivity index (χ0) is 14.5. The number of hydrogen-bond donors (Lipinski definition) is 1. The second-order valence-corrected chi connectivity index (χ2v) is 4.65. The van der Waals surface area contributed by atoms with Crippen molar-refractivity contribution in [2.45, 2.75) is 20.2 Å². The van der Waals surface area contributed by atoms with Crippen LogP contribution in [0, 0.1) is 6.92 Å². The molecule has 0 radical (unpaired) electrons. The van der Waals surface area contributed by atoms with E-state index in [0.717, 1.165) is 5.56 Å². The molecule has 1 amide bonds. The van der Waals surface area contributed by atoms with Crippen molar-refractivity contribution >= 4 is 23.2 Å². The first-order valence-corrected chi connectivity index (χ1v) is 6.74. The number of para-hydroxylation sites is 1. The highest BCUT2D eigenvalue weighted by Gasteiger charge is 2.20. The van der Waals surface area contributed by atoms with Gasteiger partial charge in [0.25, 0.3) is 0 Å². The van der Waals surface area contributed by atoms with E-state index >= 15 is 0 Å². The van der Waals surface area contributed by atoms with Crippen LogP contribution in [0.15, 0.2) is 36.7 Å². The predicted octanol–water partition coefficient (Wildman–Crippen LogP) is 1.91. The van der Waals surface area contributed by atoms with Crippen molar-refractivity contribution in [3.63, 3.8) is 0 Å². The highest BCUT2D eigenvalue weighted by Crippen LogP contribution is 2.26. The zero-order valence-electron chi connectivity index (χ0n) is 11.2. The molecule has 6 heteroatoms. The number of aliphatic hydroxyl groups excluding tert-OH is 1. The Labute approximate surface area is 122 Å². The summed E-state index contributed by atoms with van der Waals surface area (Å²) in [6, 6.07) is 7.32. The van der Waals surface area contributed by atoms with Crippen LogP contribution in [0.25, 0.3) is 0 Å². The first-order valence-electron chi connectivity index (χ1n) is 6.20. The fourth-order valence-corrected chi connectivity index (χ4v) is 2.25. The zero-order valence-corrected chi connectivity index (χ0v) is 11.9. The normalized spacial score (nSPS) is 10.6. The van der Waals surface area contributed by atoms with Crippen molar-refractivity contribution in [3.05, 3.63) is 47.8 Å². The Hall–Kier alpha value is -1.85. The summed E-state index contributed by atoms with van der Waals surface area (Å²) in [7, 11) is 0. The molecule has 0 unspecified atom stereocenters. The van der Waals surface area contributed by atoms with E-state index in [9.17, 15) is 9.90 Å². The molecule has 2 rings (SSSR count). The monoisotopic (exact) mass is 293 g/mol. The Morgan fingerprint density at radius 2 is 2.25 bits per heavy atom. The molecule has 20 heavy (non-hydrogen) atoms. The number of aliphatic hydroxyl groups is 1. The minimum Gasteiger partial charge on any atom is -0.392 e. The summed E-state index contributed by atoms with van der Waals surface area (Å²) in [6.07, 6.45) is 3.42. The minimum atomic E-state index is -0.230.